The van der Waals surface area contributed by atoms with Gasteiger partial charge in [-0.1, -0.05) is 12.1 Å². The van der Waals surface area contributed by atoms with E-state index in [2.05, 4.69) is 5.32 Å². The van der Waals surface area contributed by atoms with Crippen LogP contribution in [0.2, 0.25) is 0 Å². The molecular weight excluding hydrogens is 302 g/mol. The molecule has 0 saturated carbocycles. The number of hydrogen-bond donors (Lipinski definition) is 1. The van der Waals surface area contributed by atoms with Crippen molar-refractivity contribution in [2.24, 2.45) is 0 Å². The summed E-state index contributed by atoms with van der Waals surface area (Å²) in [5.74, 6) is -0.283. The predicted octanol–water partition coefficient (Wildman–Crippen LogP) is 4.11. The van der Waals surface area contributed by atoms with E-state index in [1.165, 1.54) is 6.92 Å². The SMILES string of the molecule is CC(=O)c1ccc(NC(=O)CCC(=O)c2ccc(C)c(C)c2)cc1. The molecule has 0 aliphatic heterocycles. The van der Waals surface area contributed by atoms with Crippen LogP contribution in [0, 0.1) is 13.8 Å². The number of anilines is 1. The van der Waals surface area contributed by atoms with E-state index in [0.717, 1.165) is 11.1 Å². The second-order valence-electron chi connectivity index (χ2n) is 5.90. The highest BCUT2D eigenvalue weighted by Gasteiger charge is 2.10. The Morgan fingerprint density at radius 3 is 2.04 bits per heavy atom. The highest BCUT2D eigenvalue weighted by molar-refractivity contribution is 6.00. The fraction of sp³-hybridized carbons (Fsp3) is 0.250. The Balaban J connectivity index is 1.89. The number of rotatable bonds is 6. The maximum atomic E-state index is 12.2. The summed E-state index contributed by atoms with van der Waals surface area (Å²) in [6.45, 7) is 5.45. The van der Waals surface area contributed by atoms with Crippen molar-refractivity contribution in [1.29, 1.82) is 0 Å². The summed E-state index contributed by atoms with van der Waals surface area (Å²) in [6, 6.07) is 12.3. The van der Waals surface area contributed by atoms with E-state index in [-0.39, 0.29) is 30.3 Å². The van der Waals surface area contributed by atoms with Gasteiger partial charge in [0.15, 0.2) is 11.6 Å². The summed E-state index contributed by atoms with van der Waals surface area (Å²) >= 11 is 0. The average molecular weight is 323 g/mol. The lowest BCUT2D eigenvalue weighted by Gasteiger charge is -2.07. The van der Waals surface area contributed by atoms with Crippen LogP contribution in [0.3, 0.4) is 0 Å². The molecule has 0 unspecified atom stereocenters. The van der Waals surface area contributed by atoms with Crippen molar-refractivity contribution in [3.63, 3.8) is 0 Å². The number of aryl methyl sites for hydroxylation is 2. The second-order valence-corrected chi connectivity index (χ2v) is 5.90. The number of Topliss-reactive ketones (excluding diaryl/α,β-unsaturated/α-hetero) is 2. The third-order valence-electron chi connectivity index (χ3n) is 3.98. The molecule has 24 heavy (non-hydrogen) atoms. The Labute approximate surface area is 141 Å². The van der Waals surface area contributed by atoms with Gasteiger partial charge in [0, 0.05) is 29.7 Å². The molecule has 4 nitrogen and oxygen atoms in total. The molecule has 0 fully saturated rings. The molecule has 2 aromatic rings. The number of nitrogens with one attached hydrogen (secondary N) is 1. The molecule has 2 aromatic carbocycles. The minimum Gasteiger partial charge on any atom is -0.326 e. The van der Waals surface area contributed by atoms with E-state index in [0.29, 0.717) is 16.8 Å². The lowest BCUT2D eigenvalue weighted by atomic mass is 10.0. The molecule has 0 bridgehead atoms. The van der Waals surface area contributed by atoms with Crippen LogP contribution in [-0.2, 0) is 4.79 Å². The van der Waals surface area contributed by atoms with Crippen LogP contribution in [0.5, 0.6) is 0 Å². The van der Waals surface area contributed by atoms with E-state index in [9.17, 15) is 14.4 Å². The number of hydrogen-bond acceptors (Lipinski definition) is 3. The summed E-state index contributed by atoms with van der Waals surface area (Å²) in [7, 11) is 0. The van der Waals surface area contributed by atoms with Crippen LogP contribution in [0.1, 0.15) is 51.6 Å². The molecule has 124 valence electrons. The van der Waals surface area contributed by atoms with Gasteiger partial charge in [-0.25, -0.2) is 0 Å². The van der Waals surface area contributed by atoms with Crippen molar-refractivity contribution in [1.82, 2.24) is 0 Å². The molecule has 1 amide bonds. The predicted molar refractivity (Wildman–Crippen MR) is 94.6 cm³/mol. The number of ketones is 2. The molecule has 2 rings (SSSR count). The fourth-order valence-electron chi connectivity index (χ4n) is 2.30. The van der Waals surface area contributed by atoms with E-state index < -0.39 is 0 Å². The summed E-state index contributed by atoms with van der Waals surface area (Å²) < 4.78 is 0. The zero-order valence-electron chi connectivity index (χ0n) is 14.2. The van der Waals surface area contributed by atoms with Gasteiger partial charge < -0.3 is 5.32 Å². The van der Waals surface area contributed by atoms with Gasteiger partial charge in [-0.2, -0.15) is 0 Å². The molecule has 0 spiro atoms. The van der Waals surface area contributed by atoms with E-state index in [4.69, 9.17) is 0 Å². The molecule has 0 radical (unpaired) electrons. The molecule has 4 heteroatoms. The highest BCUT2D eigenvalue weighted by atomic mass is 16.2. The summed E-state index contributed by atoms with van der Waals surface area (Å²) in [5, 5.41) is 2.73. The third kappa shape index (κ3) is 4.62. The van der Waals surface area contributed by atoms with Crippen molar-refractivity contribution < 1.29 is 14.4 Å². The summed E-state index contributed by atoms with van der Waals surface area (Å²) in [5.41, 5.74) is 4.05. The topological polar surface area (TPSA) is 63.2 Å². The first-order chi connectivity index (χ1) is 11.4. The number of carbonyl (C=O) groups excluding carboxylic acids is 3. The molecule has 0 saturated heterocycles. The Kier molecular flexibility index (Phi) is 5.64. The Morgan fingerprint density at radius 2 is 1.46 bits per heavy atom. The largest absolute Gasteiger partial charge is 0.326 e. The molecule has 0 aliphatic carbocycles. The minimum atomic E-state index is -0.220. The normalized spacial score (nSPS) is 10.3. The van der Waals surface area contributed by atoms with Crippen LogP contribution < -0.4 is 5.32 Å². The minimum absolute atomic E-state index is 0.0214. The molecule has 0 heterocycles. The van der Waals surface area contributed by atoms with Crippen LogP contribution >= 0.6 is 0 Å². The maximum absolute atomic E-state index is 12.2. The van der Waals surface area contributed by atoms with Crippen molar-refractivity contribution in [3.8, 4) is 0 Å². The summed E-state index contributed by atoms with van der Waals surface area (Å²) in [6.07, 6.45) is 0.292. The van der Waals surface area contributed by atoms with Crippen molar-refractivity contribution in [3.05, 3.63) is 64.7 Å². The Hall–Kier alpha value is -2.75. The second kappa shape index (κ2) is 7.68. The summed E-state index contributed by atoms with van der Waals surface area (Å²) in [4.78, 5) is 35.3. The van der Waals surface area contributed by atoms with Gasteiger partial charge in [0.25, 0.3) is 0 Å². The fourth-order valence-corrected chi connectivity index (χ4v) is 2.30. The number of amides is 1. The van der Waals surface area contributed by atoms with Crippen molar-refractivity contribution in [2.75, 3.05) is 5.32 Å². The van der Waals surface area contributed by atoms with E-state index in [1.807, 2.05) is 26.0 Å². The lowest BCUT2D eigenvalue weighted by Crippen LogP contribution is -2.13. The molecular formula is C20H21NO3. The Bertz CT molecular complexity index is 776. The van der Waals surface area contributed by atoms with E-state index >= 15 is 0 Å². The van der Waals surface area contributed by atoms with Gasteiger partial charge in [0.05, 0.1) is 0 Å². The number of carbonyl (C=O) groups is 3. The quantitative estimate of drug-likeness (QED) is 0.814. The first kappa shape index (κ1) is 17.6. The number of benzene rings is 2. The standard InChI is InChI=1S/C20H21NO3/c1-13-4-5-17(12-14(13)2)19(23)10-11-20(24)21-18-8-6-16(7-9-18)15(3)22/h4-9,12H,10-11H2,1-3H3,(H,21,24). The maximum Gasteiger partial charge on any atom is 0.224 e. The van der Waals surface area contributed by atoms with Gasteiger partial charge in [-0.3, -0.25) is 14.4 Å². The monoisotopic (exact) mass is 323 g/mol. The highest BCUT2D eigenvalue weighted by Crippen LogP contribution is 2.14. The lowest BCUT2D eigenvalue weighted by molar-refractivity contribution is -0.116. The first-order valence-corrected chi connectivity index (χ1v) is 7.88. The Morgan fingerprint density at radius 1 is 0.833 bits per heavy atom. The van der Waals surface area contributed by atoms with Crippen molar-refractivity contribution in [2.45, 2.75) is 33.6 Å². The molecule has 0 aromatic heterocycles. The molecule has 1 N–H and O–H groups in total. The smallest absolute Gasteiger partial charge is 0.224 e. The first-order valence-electron chi connectivity index (χ1n) is 7.88. The molecule has 0 atom stereocenters. The van der Waals surface area contributed by atoms with Crippen molar-refractivity contribution >= 4 is 23.2 Å². The van der Waals surface area contributed by atoms with Crippen LogP contribution in [-0.4, -0.2) is 17.5 Å². The van der Waals surface area contributed by atoms with E-state index in [1.54, 1.807) is 30.3 Å². The van der Waals surface area contributed by atoms with Crippen LogP contribution in [0.25, 0.3) is 0 Å². The van der Waals surface area contributed by atoms with Crippen LogP contribution in [0.4, 0.5) is 5.69 Å². The van der Waals surface area contributed by atoms with Gasteiger partial charge in [-0.15, -0.1) is 0 Å². The van der Waals surface area contributed by atoms with Crippen LogP contribution in [0.15, 0.2) is 42.5 Å². The van der Waals surface area contributed by atoms with Gasteiger partial charge in [0.2, 0.25) is 5.91 Å². The zero-order chi connectivity index (χ0) is 17.7. The average Bonchev–Trinajstić information content (AvgIpc) is 2.55. The van der Waals surface area contributed by atoms with Gasteiger partial charge in [0.1, 0.15) is 0 Å². The third-order valence-corrected chi connectivity index (χ3v) is 3.98. The zero-order valence-corrected chi connectivity index (χ0v) is 14.2. The van der Waals surface area contributed by atoms with Gasteiger partial charge >= 0.3 is 0 Å². The molecule has 0 aliphatic rings. The van der Waals surface area contributed by atoms with Gasteiger partial charge in [-0.05, 0) is 62.2 Å².